The Morgan fingerprint density at radius 1 is 1.04 bits per heavy atom. The van der Waals surface area contributed by atoms with Crippen molar-refractivity contribution >= 4 is 0 Å². The number of aromatic nitrogens is 1. The first-order chi connectivity index (χ1) is 13.4. The van der Waals surface area contributed by atoms with E-state index in [9.17, 15) is 18.0 Å². The second kappa shape index (κ2) is 8.39. The van der Waals surface area contributed by atoms with Crippen molar-refractivity contribution in [1.29, 1.82) is 0 Å². The molecule has 0 bridgehead atoms. The van der Waals surface area contributed by atoms with Crippen molar-refractivity contribution in [2.75, 3.05) is 13.7 Å². The first-order valence-corrected chi connectivity index (χ1v) is 8.52. The van der Waals surface area contributed by atoms with E-state index in [0.717, 1.165) is 0 Å². The molecule has 0 saturated carbocycles. The molecule has 3 aromatic rings. The maximum Gasteiger partial charge on any atom is 0.248 e. The Kier molecular flexibility index (Phi) is 5.94. The Hall–Kier alpha value is -2.93. The molecule has 0 amide bonds. The second-order valence-corrected chi connectivity index (χ2v) is 6.18. The van der Waals surface area contributed by atoms with Crippen LogP contribution in [0.2, 0.25) is 0 Å². The molecule has 0 aliphatic heterocycles. The molecule has 1 aromatic heterocycles. The lowest BCUT2D eigenvalue weighted by molar-refractivity contribution is 0.201. The third-order valence-electron chi connectivity index (χ3n) is 4.41. The maximum atomic E-state index is 15.1. The predicted molar refractivity (Wildman–Crippen MR) is 97.3 cm³/mol. The van der Waals surface area contributed by atoms with Crippen LogP contribution in [0.4, 0.5) is 17.6 Å². The quantitative estimate of drug-likeness (QED) is 0.489. The van der Waals surface area contributed by atoms with Crippen LogP contribution in [0.3, 0.4) is 0 Å². The topological polar surface area (TPSA) is 42.1 Å². The Bertz CT molecular complexity index is 1050. The van der Waals surface area contributed by atoms with E-state index >= 15 is 4.39 Å². The van der Waals surface area contributed by atoms with Crippen LogP contribution >= 0.6 is 0 Å². The molecule has 146 valence electrons. The fourth-order valence-corrected chi connectivity index (χ4v) is 3.02. The molecular weight excluding hydrogens is 374 g/mol. The maximum absolute atomic E-state index is 15.1. The van der Waals surface area contributed by atoms with Crippen LogP contribution in [0.25, 0.3) is 11.3 Å². The zero-order valence-corrected chi connectivity index (χ0v) is 14.9. The molecule has 1 N–H and O–H groups in total. The van der Waals surface area contributed by atoms with E-state index in [0.29, 0.717) is 24.7 Å². The SMILES string of the molecule is COCCc1ccccc1C(F)c1c(F)cc(-c2cccc(=O)[nH]2)c(F)c1F. The summed E-state index contributed by atoms with van der Waals surface area (Å²) < 4.78 is 64.0. The van der Waals surface area contributed by atoms with Crippen molar-refractivity contribution in [3.8, 4) is 11.3 Å². The van der Waals surface area contributed by atoms with Gasteiger partial charge in [-0.1, -0.05) is 30.3 Å². The highest BCUT2D eigenvalue weighted by Crippen LogP contribution is 2.36. The van der Waals surface area contributed by atoms with E-state index in [2.05, 4.69) is 4.98 Å². The van der Waals surface area contributed by atoms with Crippen LogP contribution < -0.4 is 5.56 Å². The van der Waals surface area contributed by atoms with Gasteiger partial charge in [0.25, 0.3) is 0 Å². The van der Waals surface area contributed by atoms with Crippen LogP contribution in [0, 0.1) is 17.5 Å². The normalized spacial score (nSPS) is 12.2. The van der Waals surface area contributed by atoms with Gasteiger partial charge in [-0.15, -0.1) is 0 Å². The molecule has 1 unspecified atom stereocenters. The summed E-state index contributed by atoms with van der Waals surface area (Å²) in [5.41, 5.74) is -1.62. The molecule has 3 rings (SSSR count). The highest BCUT2D eigenvalue weighted by molar-refractivity contribution is 5.61. The lowest BCUT2D eigenvalue weighted by Gasteiger charge is -2.17. The molecule has 0 aliphatic rings. The van der Waals surface area contributed by atoms with Gasteiger partial charge >= 0.3 is 0 Å². The number of pyridine rings is 1. The molecule has 1 heterocycles. The Balaban J connectivity index is 2.09. The zero-order chi connectivity index (χ0) is 20.3. The lowest BCUT2D eigenvalue weighted by atomic mass is 9.94. The van der Waals surface area contributed by atoms with Crippen molar-refractivity contribution in [2.24, 2.45) is 0 Å². The summed E-state index contributed by atoms with van der Waals surface area (Å²) in [6.45, 7) is 0.295. The number of alkyl halides is 1. The summed E-state index contributed by atoms with van der Waals surface area (Å²) in [5, 5.41) is 0. The summed E-state index contributed by atoms with van der Waals surface area (Å²) in [4.78, 5) is 13.7. The van der Waals surface area contributed by atoms with E-state index in [4.69, 9.17) is 4.74 Å². The van der Waals surface area contributed by atoms with E-state index < -0.39 is 40.3 Å². The number of aromatic amines is 1. The van der Waals surface area contributed by atoms with Crippen LogP contribution in [0.5, 0.6) is 0 Å². The van der Waals surface area contributed by atoms with Crippen LogP contribution in [-0.2, 0) is 11.2 Å². The van der Waals surface area contributed by atoms with Crippen molar-refractivity contribution in [2.45, 2.75) is 12.6 Å². The number of ether oxygens (including phenoxy) is 1. The molecular formula is C21H17F4NO2. The molecule has 0 fully saturated rings. The number of methoxy groups -OCH3 is 1. The van der Waals surface area contributed by atoms with Gasteiger partial charge in [-0.2, -0.15) is 0 Å². The molecule has 3 nitrogen and oxygen atoms in total. The van der Waals surface area contributed by atoms with Gasteiger partial charge in [-0.3, -0.25) is 4.79 Å². The second-order valence-electron chi connectivity index (χ2n) is 6.18. The minimum atomic E-state index is -2.20. The average Bonchev–Trinajstić information content (AvgIpc) is 2.69. The number of hydrogen-bond donors (Lipinski definition) is 1. The molecule has 1 atom stereocenters. The number of hydrogen-bond acceptors (Lipinski definition) is 2. The smallest absolute Gasteiger partial charge is 0.248 e. The predicted octanol–water partition coefficient (Wildman–Crippen LogP) is 4.71. The number of rotatable bonds is 6. The van der Waals surface area contributed by atoms with Gasteiger partial charge in [-0.05, 0) is 29.7 Å². The van der Waals surface area contributed by atoms with Crippen molar-refractivity contribution in [1.82, 2.24) is 4.98 Å². The minimum absolute atomic E-state index is 0.0395. The number of H-pyrrole nitrogens is 1. The third-order valence-corrected chi connectivity index (χ3v) is 4.41. The fourth-order valence-electron chi connectivity index (χ4n) is 3.02. The molecule has 28 heavy (non-hydrogen) atoms. The molecule has 7 heteroatoms. The van der Waals surface area contributed by atoms with Crippen molar-refractivity contribution in [3.05, 3.63) is 93.0 Å². The summed E-state index contributed by atoms with van der Waals surface area (Å²) in [6, 6.07) is 10.7. The average molecular weight is 391 g/mol. The Morgan fingerprint density at radius 2 is 1.79 bits per heavy atom. The first kappa shape index (κ1) is 19.8. The van der Waals surface area contributed by atoms with Gasteiger partial charge in [0, 0.05) is 18.7 Å². The van der Waals surface area contributed by atoms with E-state index in [1.165, 1.54) is 37.4 Å². The largest absolute Gasteiger partial charge is 0.384 e. The lowest BCUT2D eigenvalue weighted by Crippen LogP contribution is -2.10. The molecule has 0 radical (unpaired) electrons. The summed E-state index contributed by atoms with van der Waals surface area (Å²) in [7, 11) is 1.48. The van der Waals surface area contributed by atoms with E-state index in [1.807, 2.05) is 0 Å². The Labute approximate surface area is 158 Å². The van der Waals surface area contributed by atoms with Crippen molar-refractivity contribution in [3.63, 3.8) is 0 Å². The first-order valence-electron chi connectivity index (χ1n) is 8.52. The van der Waals surface area contributed by atoms with Crippen LogP contribution in [-0.4, -0.2) is 18.7 Å². The number of benzene rings is 2. The summed E-state index contributed by atoms with van der Waals surface area (Å²) >= 11 is 0. The molecule has 0 aliphatic carbocycles. The highest BCUT2D eigenvalue weighted by Gasteiger charge is 2.28. The summed E-state index contributed by atoms with van der Waals surface area (Å²) in [5.74, 6) is -4.31. The highest BCUT2D eigenvalue weighted by atomic mass is 19.2. The van der Waals surface area contributed by atoms with Gasteiger partial charge in [0.05, 0.1) is 17.9 Å². The zero-order valence-electron chi connectivity index (χ0n) is 14.9. The van der Waals surface area contributed by atoms with Gasteiger partial charge in [0.1, 0.15) is 5.82 Å². The molecule has 0 saturated heterocycles. The van der Waals surface area contributed by atoms with Gasteiger partial charge in [0.15, 0.2) is 17.8 Å². The number of halogens is 4. The molecule has 0 spiro atoms. The van der Waals surface area contributed by atoms with Gasteiger partial charge in [0.2, 0.25) is 5.56 Å². The van der Waals surface area contributed by atoms with Crippen LogP contribution in [0.1, 0.15) is 22.9 Å². The standard InChI is InChI=1S/C21H17F4NO2/c1-28-10-9-12-5-2-3-6-13(12)19(23)18-15(22)11-14(20(24)21(18)25)16-7-4-8-17(27)26-16/h2-8,11,19H,9-10H2,1H3,(H,26,27). The minimum Gasteiger partial charge on any atom is -0.384 e. The Morgan fingerprint density at radius 3 is 2.50 bits per heavy atom. The fraction of sp³-hybridized carbons (Fsp3) is 0.190. The van der Waals surface area contributed by atoms with E-state index in [1.54, 1.807) is 12.1 Å². The third kappa shape index (κ3) is 3.84. The van der Waals surface area contributed by atoms with Crippen molar-refractivity contribution < 1.29 is 22.3 Å². The van der Waals surface area contributed by atoms with Crippen LogP contribution in [0.15, 0.2) is 53.3 Å². The van der Waals surface area contributed by atoms with E-state index in [-0.39, 0.29) is 11.3 Å². The monoisotopic (exact) mass is 391 g/mol. The summed E-state index contributed by atoms with van der Waals surface area (Å²) in [6.07, 6.45) is -1.87. The number of nitrogens with one attached hydrogen (secondary N) is 1. The van der Waals surface area contributed by atoms with Gasteiger partial charge in [-0.25, -0.2) is 17.6 Å². The molecule has 2 aromatic carbocycles. The van der Waals surface area contributed by atoms with Gasteiger partial charge < -0.3 is 9.72 Å².